The van der Waals surface area contributed by atoms with Gasteiger partial charge >= 0.3 is 5.97 Å². The number of aryl methyl sites for hydroxylation is 1. The van der Waals surface area contributed by atoms with Crippen LogP contribution in [-0.2, 0) is 19.7 Å². The maximum Gasteiger partial charge on any atom is 0.334 e. The van der Waals surface area contributed by atoms with Crippen molar-refractivity contribution in [3.63, 3.8) is 0 Å². The summed E-state index contributed by atoms with van der Waals surface area (Å²) in [5.41, 5.74) is 2.40. The predicted octanol–water partition coefficient (Wildman–Crippen LogP) is 4.91. The van der Waals surface area contributed by atoms with Crippen LogP contribution in [0.15, 0.2) is 60.7 Å². The molecule has 0 fully saturated rings. The van der Waals surface area contributed by atoms with E-state index in [1.807, 2.05) is 83.1 Å². The van der Waals surface area contributed by atoms with Crippen molar-refractivity contribution < 1.29 is 14.3 Å². The molecule has 2 atom stereocenters. The number of anilines is 1. The third-order valence-electron chi connectivity index (χ3n) is 5.57. The fourth-order valence-electron chi connectivity index (χ4n) is 4.16. The molecule has 0 aromatic heterocycles. The lowest BCUT2D eigenvalue weighted by molar-refractivity contribution is -0.150. The molecule has 0 aliphatic carbocycles. The number of hydrogen-bond donors (Lipinski definition) is 0. The Labute approximate surface area is 173 Å². The van der Waals surface area contributed by atoms with E-state index < -0.39 is 22.9 Å². The van der Waals surface area contributed by atoms with Crippen molar-refractivity contribution in [2.24, 2.45) is 0 Å². The number of hydrogen-bond acceptors (Lipinski definition) is 3. The first kappa shape index (κ1) is 20.8. The van der Waals surface area contributed by atoms with Gasteiger partial charge < -0.3 is 9.64 Å². The Morgan fingerprint density at radius 3 is 2.28 bits per heavy atom. The quantitative estimate of drug-likeness (QED) is 0.549. The van der Waals surface area contributed by atoms with Crippen molar-refractivity contribution in [3.8, 4) is 0 Å². The second kappa shape index (κ2) is 7.18. The van der Waals surface area contributed by atoms with E-state index in [1.54, 1.807) is 11.9 Å². The Hall–Kier alpha value is -2.88. The second-order valence-corrected chi connectivity index (χ2v) is 8.95. The first-order valence-corrected chi connectivity index (χ1v) is 9.83. The van der Waals surface area contributed by atoms with Crippen LogP contribution in [0.4, 0.5) is 5.69 Å². The number of carbonyl (C=O) groups excluding carboxylic acids is 2. The standard InChI is InChI=1S/C25H29NO3/c1-16-12-14-18(15-13-16)21(17(2)22(27)29-24(3,4)5)25(6)19-10-8-9-11-20(19)26(7)23(25)28/h8-15,21H,2H2,1,3-7H3/t21-,25+/m1/s1. The van der Waals surface area contributed by atoms with Gasteiger partial charge in [-0.3, -0.25) is 4.79 Å². The molecule has 4 nitrogen and oxygen atoms in total. The van der Waals surface area contributed by atoms with Gasteiger partial charge in [-0.15, -0.1) is 0 Å². The summed E-state index contributed by atoms with van der Waals surface area (Å²) >= 11 is 0. The van der Waals surface area contributed by atoms with Crippen LogP contribution in [-0.4, -0.2) is 24.5 Å². The van der Waals surface area contributed by atoms with Crippen molar-refractivity contribution in [2.75, 3.05) is 11.9 Å². The Balaban J connectivity index is 2.18. The van der Waals surface area contributed by atoms with E-state index in [0.29, 0.717) is 0 Å². The third-order valence-corrected chi connectivity index (χ3v) is 5.57. The van der Waals surface area contributed by atoms with Crippen LogP contribution in [0.5, 0.6) is 0 Å². The summed E-state index contributed by atoms with van der Waals surface area (Å²) < 4.78 is 5.62. The molecule has 29 heavy (non-hydrogen) atoms. The molecule has 0 N–H and O–H groups in total. The Bertz CT molecular complexity index is 968. The molecule has 1 aliphatic heterocycles. The van der Waals surface area contributed by atoms with E-state index in [1.165, 1.54) is 0 Å². The number of likely N-dealkylation sites (N-methyl/N-ethyl adjacent to an activating group) is 1. The Kier molecular flexibility index (Phi) is 5.16. The van der Waals surface area contributed by atoms with Crippen molar-refractivity contribution in [2.45, 2.75) is 51.6 Å². The van der Waals surface area contributed by atoms with Gasteiger partial charge in [0.05, 0.1) is 5.41 Å². The van der Waals surface area contributed by atoms with Crippen LogP contribution < -0.4 is 4.90 Å². The first-order chi connectivity index (χ1) is 13.5. The average molecular weight is 392 g/mol. The SMILES string of the molecule is C=C(C(=O)OC(C)(C)C)[C@H](c1ccc(C)cc1)[C@@]1(C)C(=O)N(C)c2ccccc21. The van der Waals surface area contributed by atoms with Crippen LogP contribution in [0, 0.1) is 6.92 Å². The van der Waals surface area contributed by atoms with Crippen molar-refractivity contribution in [3.05, 3.63) is 77.4 Å². The smallest absolute Gasteiger partial charge is 0.334 e. The first-order valence-electron chi connectivity index (χ1n) is 9.83. The molecule has 0 spiro atoms. The molecule has 2 aromatic rings. The highest BCUT2D eigenvalue weighted by Crippen LogP contribution is 2.51. The zero-order valence-electron chi connectivity index (χ0n) is 18.1. The minimum Gasteiger partial charge on any atom is -0.457 e. The zero-order chi connectivity index (χ0) is 21.6. The lowest BCUT2D eigenvalue weighted by Gasteiger charge is -2.35. The molecule has 0 saturated heterocycles. The van der Waals surface area contributed by atoms with E-state index in [4.69, 9.17) is 4.74 Å². The molecule has 152 valence electrons. The molecule has 4 heteroatoms. The van der Waals surface area contributed by atoms with Crippen LogP contribution >= 0.6 is 0 Å². The van der Waals surface area contributed by atoms with E-state index in [2.05, 4.69) is 6.58 Å². The molecule has 3 rings (SSSR count). The molecular weight excluding hydrogens is 362 g/mol. The summed E-state index contributed by atoms with van der Waals surface area (Å²) in [6.07, 6.45) is 0. The molecule has 2 aromatic carbocycles. The van der Waals surface area contributed by atoms with E-state index in [-0.39, 0.29) is 11.5 Å². The van der Waals surface area contributed by atoms with Gasteiger partial charge in [-0.05, 0) is 51.8 Å². The number of fused-ring (bicyclic) bond motifs is 1. The van der Waals surface area contributed by atoms with Crippen LogP contribution in [0.3, 0.4) is 0 Å². The van der Waals surface area contributed by atoms with Gasteiger partial charge in [0.1, 0.15) is 5.60 Å². The maximum absolute atomic E-state index is 13.5. The fourth-order valence-corrected chi connectivity index (χ4v) is 4.16. The summed E-state index contributed by atoms with van der Waals surface area (Å²) in [6, 6.07) is 15.6. The lowest BCUT2D eigenvalue weighted by Crippen LogP contribution is -2.43. The number of rotatable bonds is 4. The van der Waals surface area contributed by atoms with E-state index in [9.17, 15) is 9.59 Å². The molecule has 1 heterocycles. The third kappa shape index (κ3) is 3.59. The van der Waals surface area contributed by atoms with E-state index in [0.717, 1.165) is 22.4 Å². The highest BCUT2D eigenvalue weighted by molar-refractivity contribution is 6.09. The summed E-state index contributed by atoms with van der Waals surface area (Å²) in [7, 11) is 1.77. The highest BCUT2D eigenvalue weighted by atomic mass is 16.6. The van der Waals surface area contributed by atoms with Crippen molar-refractivity contribution in [1.82, 2.24) is 0 Å². The predicted molar refractivity (Wildman–Crippen MR) is 116 cm³/mol. The number of para-hydroxylation sites is 1. The molecule has 0 unspecified atom stereocenters. The minimum atomic E-state index is -0.964. The number of esters is 1. The molecular formula is C25H29NO3. The van der Waals surface area contributed by atoms with Gasteiger partial charge in [-0.1, -0.05) is 54.6 Å². The van der Waals surface area contributed by atoms with Gasteiger partial charge in [-0.2, -0.15) is 0 Å². The van der Waals surface area contributed by atoms with Crippen LogP contribution in [0.25, 0.3) is 0 Å². The lowest BCUT2D eigenvalue weighted by atomic mass is 9.66. The van der Waals surface area contributed by atoms with Crippen LogP contribution in [0.1, 0.15) is 50.3 Å². The molecule has 0 saturated carbocycles. The van der Waals surface area contributed by atoms with Crippen LogP contribution in [0.2, 0.25) is 0 Å². The molecule has 1 aliphatic rings. The second-order valence-electron chi connectivity index (χ2n) is 8.95. The Morgan fingerprint density at radius 1 is 1.10 bits per heavy atom. The van der Waals surface area contributed by atoms with Gasteiger partial charge in [0.25, 0.3) is 0 Å². The Morgan fingerprint density at radius 2 is 1.69 bits per heavy atom. The molecule has 0 bridgehead atoms. The van der Waals surface area contributed by atoms with Crippen molar-refractivity contribution in [1.29, 1.82) is 0 Å². The summed E-state index contributed by atoms with van der Waals surface area (Å²) in [5, 5.41) is 0. The number of ether oxygens (including phenoxy) is 1. The number of carbonyl (C=O) groups is 2. The summed E-state index contributed by atoms with van der Waals surface area (Å²) in [6.45, 7) is 13.5. The topological polar surface area (TPSA) is 46.6 Å². The average Bonchev–Trinajstić information content (AvgIpc) is 2.84. The highest BCUT2D eigenvalue weighted by Gasteiger charge is 2.53. The molecule has 0 radical (unpaired) electrons. The number of amides is 1. The number of benzene rings is 2. The summed E-state index contributed by atoms with van der Waals surface area (Å²) in [5.74, 6) is -1.09. The maximum atomic E-state index is 13.5. The normalized spacial score (nSPS) is 19.7. The van der Waals surface area contributed by atoms with Crippen molar-refractivity contribution >= 4 is 17.6 Å². The monoisotopic (exact) mass is 391 g/mol. The van der Waals surface area contributed by atoms with Gasteiger partial charge in [0, 0.05) is 24.2 Å². The van der Waals surface area contributed by atoms with Gasteiger partial charge in [0.2, 0.25) is 5.91 Å². The number of nitrogens with zero attached hydrogens (tertiary/aromatic N) is 1. The van der Waals surface area contributed by atoms with Gasteiger partial charge in [-0.25, -0.2) is 4.79 Å². The zero-order valence-corrected chi connectivity index (χ0v) is 18.1. The molecule has 1 amide bonds. The van der Waals surface area contributed by atoms with E-state index >= 15 is 0 Å². The fraction of sp³-hybridized carbons (Fsp3) is 0.360. The minimum absolute atomic E-state index is 0.0611. The summed E-state index contributed by atoms with van der Waals surface area (Å²) in [4.78, 5) is 28.2. The largest absolute Gasteiger partial charge is 0.457 e. The van der Waals surface area contributed by atoms with Gasteiger partial charge in [0.15, 0.2) is 0 Å².